The van der Waals surface area contributed by atoms with Crippen LogP contribution in [-0.2, 0) is 0 Å². The van der Waals surface area contributed by atoms with Crippen molar-refractivity contribution in [2.45, 2.75) is 57.2 Å². The lowest BCUT2D eigenvalue weighted by Gasteiger charge is -2.25. The Morgan fingerprint density at radius 2 is 2.19 bits per heavy atom. The van der Waals surface area contributed by atoms with E-state index < -0.39 is 0 Å². The zero-order valence-electron chi connectivity index (χ0n) is 9.86. The summed E-state index contributed by atoms with van der Waals surface area (Å²) < 4.78 is 5.36. The Balaban J connectivity index is 1.92. The maximum absolute atomic E-state index is 10.0. The van der Waals surface area contributed by atoms with Gasteiger partial charge in [0.15, 0.2) is 0 Å². The zero-order chi connectivity index (χ0) is 11.4. The molecular weight excluding hydrogens is 202 g/mol. The quantitative estimate of drug-likeness (QED) is 0.774. The average molecular weight is 223 g/mol. The highest BCUT2D eigenvalue weighted by Gasteiger charge is 2.23. The van der Waals surface area contributed by atoms with Gasteiger partial charge in [-0.2, -0.15) is 0 Å². The minimum atomic E-state index is -0.208. The van der Waals surface area contributed by atoms with Crippen LogP contribution in [0.2, 0.25) is 0 Å². The lowest BCUT2D eigenvalue weighted by atomic mass is 10.0. The van der Waals surface area contributed by atoms with Crippen molar-refractivity contribution in [1.82, 2.24) is 5.32 Å². The third kappa shape index (κ3) is 2.86. The second-order valence-corrected chi connectivity index (χ2v) is 4.72. The van der Waals surface area contributed by atoms with E-state index in [-0.39, 0.29) is 18.2 Å². The van der Waals surface area contributed by atoms with Gasteiger partial charge in [0.05, 0.1) is 18.4 Å². The summed E-state index contributed by atoms with van der Waals surface area (Å²) in [5.41, 5.74) is 0. The minimum Gasteiger partial charge on any atom is -0.468 e. The molecule has 1 aromatic rings. The van der Waals surface area contributed by atoms with Crippen molar-refractivity contribution in [1.29, 1.82) is 0 Å². The third-order valence-corrected chi connectivity index (χ3v) is 3.41. The van der Waals surface area contributed by atoms with E-state index in [0.29, 0.717) is 0 Å². The fourth-order valence-electron chi connectivity index (χ4n) is 2.42. The summed E-state index contributed by atoms with van der Waals surface area (Å²) in [6, 6.07) is 4.26. The van der Waals surface area contributed by atoms with Crippen LogP contribution < -0.4 is 5.32 Å². The van der Waals surface area contributed by atoms with Crippen LogP contribution in [0.1, 0.15) is 50.8 Å². The van der Waals surface area contributed by atoms with Gasteiger partial charge in [-0.15, -0.1) is 0 Å². The third-order valence-electron chi connectivity index (χ3n) is 3.41. The first-order chi connectivity index (χ1) is 7.77. The molecule has 1 saturated carbocycles. The largest absolute Gasteiger partial charge is 0.468 e. The van der Waals surface area contributed by atoms with Gasteiger partial charge in [0.2, 0.25) is 0 Å². The monoisotopic (exact) mass is 223 g/mol. The highest BCUT2D eigenvalue weighted by Crippen LogP contribution is 2.21. The van der Waals surface area contributed by atoms with Crippen molar-refractivity contribution in [3.05, 3.63) is 24.2 Å². The van der Waals surface area contributed by atoms with Crippen LogP contribution in [0.4, 0.5) is 0 Å². The highest BCUT2D eigenvalue weighted by molar-refractivity contribution is 5.03. The first kappa shape index (κ1) is 11.7. The van der Waals surface area contributed by atoms with Gasteiger partial charge in [0.25, 0.3) is 0 Å². The van der Waals surface area contributed by atoms with Crippen LogP contribution in [0.5, 0.6) is 0 Å². The molecule has 2 unspecified atom stereocenters. The van der Waals surface area contributed by atoms with Crippen molar-refractivity contribution in [3.63, 3.8) is 0 Å². The number of rotatable bonds is 3. The fraction of sp³-hybridized carbons (Fsp3) is 0.692. The Morgan fingerprint density at radius 1 is 1.38 bits per heavy atom. The molecule has 2 rings (SSSR count). The summed E-state index contributed by atoms with van der Waals surface area (Å²) in [6.45, 7) is 2.08. The van der Waals surface area contributed by atoms with Crippen molar-refractivity contribution in [2.24, 2.45) is 0 Å². The Hall–Kier alpha value is -0.800. The normalized spacial score (nSPS) is 28.6. The predicted octanol–water partition coefficient (Wildman–Crippen LogP) is 2.62. The molecule has 0 aromatic carbocycles. The molecule has 0 spiro atoms. The SMILES string of the molecule is C[C@H](NC1CCCCCC1O)c1ccco1. The topological polar surface area (TPSA) is 45.4 Å². The van der Waals surface area contributed by atoms with Crippen LogP contribution in [0, 0.1) is 0 Å². The van der Waals surface area contributed by atoms with E-state index in [1.807, 2.05) is 12.1 Å². The van der Waals surface area contributed by atoms with E-state index in [1.165, 1.54) is 12.8 Å². The molecule has 16 heavy (non-hydrogen) atoms. The van der Waals surface area contributed by atoms with Crippen LogP contribution >= 0.6 is 0 Å². The van der Waals surface area contributed by atoms with Crippen molar-refractivity contribution < 1.29 is 9.52 Å². The molecule has 2 N–H and O–H groups in total. The van der Waals surface area contributed by atoms with E-state index in [1.54, 1.807) is 6.26 Å². The zero-order valence-corrected chi connectivity index (χ0v) is 9.86. The van der Waals surface area contributed by atoms with Crippen LogP contribution in [0.25, 0.3) is 0 Å². The van der Waals surface area contributed by atoms with E-state index in [0.717, 1.165) is 25.0 Å². The van der Waals surface area contributed by atoms with Crippen LogP contribution in [0.15, 0.2) is 22.8 Å². The number of aliphatic hydroxyl groups is 1. The van der Waals surface area contributed by atoms with Gasteiger partial charge >= 0.3 is 0 Å². The molecule has 0 saturated heterocycles. The van der Waals surface area contributed by atoms with Crippen molar-refractivity contribution >= 4 is 0 Å². The molecule has 1 aliphatic rings. The molecule has 0 bridgehead atoms. The van der Waals surface area contributed by atoms with Gasteiger partial charge in [-0.25, -0.2) is 0 Å². The number of hydrogen-bond donors (Lipinski definition) is 2. The highest BCUT2D eigenvalue weighted by atomic mass is 16.3. The van der Waals surface area contributed by atoms with E-state index in [2.05, 4.69) is 12.2 Å². The Bertz CT molecular complexity index is 297. The molecule has 0 aliphatic heterocycles. The molecule has 0 amide bonds. The van der Waals surface area contributed by atoms with Gasteiger partial charge < -0.3 is 14.8 Å². The first-order valence-corrected chi connectivity index (χ1v) is 6.25. The van der Waals surface area contributed by atoms with Crippen molar-refractivity contribution in [2.75, 3.05) is 0 Å². The van der Waals surface area contributed by atoms with E-state index >= 15 is 0 Å². The Kier molecular flexibility index (Phi) is 4.02. The van der Waals surface area contributed by atoms with Gasteiger partial charge in [-0.3, -0.25) is 0 Å². The van der Waals surface area contributed by atoms with E-state index in [9.17, 15) is 5.11 Å². The molecule has 90 valence electrons. The first-order valence-electron chi connectivity index (χ1n) is 6.25. The molecule has 1 aromatic heterocycles. The summed E-state index contributed by atoms with van der Waals surface area (Å²) >= 11 is 0. The molecular formula is C13H21NO2. The van der Waals surface area contributed by atoms with Crippen LogP contribution in [0.3, 0.4) is 0 Å². The maximum atomic E-state index is 10.0. The van der Waals surface area contributed by atoms with Gasteiger partial charge in [-0.05, 0) is 31.9 Å². The molecule has 3 heteroatoms. The molecule has 3 nitrogen and oxygen atoms in total. The molecule has 3 atom stereocenters. The smallest absolute Gasteiger partial charge is 0.120 e. The molecule has 1 fully saturated rings. The molecule has 1 aliphatic carbocycles. The standard InChI is InChI=1S/C13H21NO2/c1-10(13-8-5-9-16-13)14-11-6-3-2-4-7-12(11)15/h5,8-12,14-15H,2-4,6-7H2,1H3/t10-,11?,12?/m0/s1. The second-order valence-electron chi connectivity index (χ2n) is 4.72. The van der Waals surface area contributed by atoms with Crippen molar-refractivity contribution in [3.8, 4) is 0 Å². The minimum absolute atomic E-state index is 0.174. The number of nitrogens with one attached hydrogen (secondary N) is 1. The Morgan fingerprint density at radius 3 is 2.94 bits per heavy atom. The van der Waals surface area contributed by atoms with Gasteiger partial charge in [0, 0.05) is 6.04 Å². The van der Waals surface area contributed by atoms with Crippen LogP contribution in [-0.4, -0.2) is 17.3 Å². The molecule has 1 heterocycles. The Labute approximate surface area is 96.8 Å². The summed E-state index contributed by atoms with van der Waals surface area (Å²) in [6.07, 6.45) is 7.06. The number of furan rings is 1. The lowest BCUT2D eigenvalue weighted by molar-refractivity contribution is 0.113. The summed E-state index contributed by atoms with van der Waals surface area (Å²) in [4.78, 5) is 0. The number of aliphatic hydroxyl groups excluding tert-OH is 1. The fourth-order valence-corrected chi connectivity index (χ4v) is 2.42. The average Bonchev–Trinajstić information content (AvgIpc) is 2.73. The summed E-state index contributed by atoms with van der Waals surface area (Å²) in [7, 11) is 0. The number of hydrogen-bond acceptors (Lipinski definition) is 3. The summed E-state index contributed by atoms with van der Waals surface area (Å²) in [5.74, 6) is 0.941. The second kappa shape index (κ2) is 5.51. The maximum Gasteiger partial charge on any atom is 0.120 e. The predicted molar refractivity (Wildman–Crippen MR) is 63.1 cm³/mol. The van der Waals surface area contributed by atoms with Gasteiger partial charge in [0.1, 0.15) is 5.76 Å². The molecule has 0 radical (unpaired) electrons. The van der Waals surface area contributed by atoms with Gasteiger partial charge in [-0.1, -0.05) is 19.3 Å². The van der Waals surface area contributed by atoms with E-state index in [4.69, 9.17) is 4.42 Å². The lowest BCUT2D eigenvalue weighted by Crippen LogP contribution is -2.40. The summed E-state index contributed by atoms with van der Waals surface area (Å²) in [5, 5.41) is 13.5.